The Labute approximate surface area is 191 Å². The minimum Gasteiger partial charge on any atom is -0.380 e. The molecule has 1 saturated heterocycles. The maximum absolute atomic E-state index is 11.9. The number of anilines is 4. The third kappa shape index (κ3) is 5.58. The second-order valence-electron chi connectivity index (χ2n) is 7.67. The number of morpholine rings is 1. The number of amides is 2. The van der Waals surface area contributed by atoms with Crippen molar-refractivity contribution in [3.8, 4) is 0 Å². The van der Waals surface area contributed by atoms with Crippen LogP contribution < -0.4 is 27.0 Å². The summed E-state index contributed by atoms with van der Waals surface area (Å²) in [4.78, 5) is 29.9. The normalized spacial score (nSPS) is 13.4. The van der Waals surface area contributed by atoms with Crippen LogP contribution in [-0.2, 0) is 11.3 Å². The lowest BCUT2D eigenvalue weighted by Crippen LogP contribution is -2.36. The Hall–Kier alpha value is -4.11. The highest BCUT2D eigenvalue weighted by Crippen LogP contribution is 2.24. The maximum Gasteiger partial charge on any atom is 0.252 e. The standard InChI is InChI=1S/C24H26N6O3/c25-23(31)17-3-1-2-16(12-17)14-27-21-13-22(28-15-20(21)24(26)32)29-18-4-6-19(7-5-18)30-8-10-33-11-9-30/h1-7,12-13,15H,8-11,14H2,(H2,25,31)(H2,26,32)(H2,27,28,29). The molecule has 3 aromatic rings. The number of carbonyl (C=O) groups is 2. The topological polar surface area (TPSA) is 136 Å². The van der Waals surface area contributed by atoms with Gasteiger partial charge in [-0.2, -0.15) is 0 Å². The SMILES string of the molecule is NC(=O)c1cccc(CNc2cc(Nc3ccc(N4CCOCC4)cc3)ncc2C(N)=O)c1. The van der Waals surface area contributed by atoms with Crippen molar-refractivity contribution in [1.29, 1.82) is 0 Å². The first-order valence-corrected chi connectivity index (χ1v) is 10.6. The van der Waals surface area contributed by atoms with Gasteiger partial charge in [-0.1, -0.05) is 12.1 Å². The van der Waals surface area contributed by atoms with Crippen LogP contribution in [0.4, 0.5) is 22.9 Å². The summed E-state index contributed by atoms with van der Waals surface area (Å²) in [5, 5.41) is 6.46. The number of aromatic nitrogens is 1. The average molecular weight is 447 g/mol. The minimum absolute atomic E-state index is 0.272. The van der Waals surface area contributed by atoms with E-state index in [0.29, 0.717) is 23.6 Å². The van der Waals surface area contributed by atoms with Crippen LogP contribution in [0.3, 0.4) is 0 Å². The van der Waals surface area contributed by atoms with E-state index in [4.69, 9.17) is 16.2 Å². The molecule has 1 fully saturated rings. The van der Waals surface area contributed by atoms with E-state index in [0.717, 1.165) is 43.2 Å². The highest BCUT2D eigenvalue weighted by Gasteiger charge is 2.13. The second kappa shape index (κ2) is 10.0. The fourth-order valence-corrected chi connectivity index (χ4v) is 3.62. The first-order valence-electron chi connectivity index (χ1n) is 10.6. The van der Waals surface area contributed by atoms with Crippen molar-refractivity contribution >= 4 is 34.7 Å². The summed E-state index contributed by atoms with van der Waals surface area (Å²) in [6.07, 6.45) is 1.44. The Morgan fingerprint density at radius 3 is 2.45 bits per heavy atom. The quantitative estimate of drug-likeness (QED) is 0.417. The van der Waals surface area contributed by atoms with Gasteiger partial charge in [0.25, 0.3) is 5.91 Å². The third-order valence-corrected chi connectivity index (χ3v) is 5.38. The number of benzene rings is 2. The molecule has 0 saturated carbocycles. The molecule has 1 aromatic heterocycles. The Kier molecular flexibility index (Phi) is 6.70. The monoisotopic (exact) mass is 446 g/mol. The number of carbonyl (C=O) groups excluding carboxylic acids is 2. The number of rotatable bonds is 8. The van der Waals surface area contributed by atoms with Crippen molar-refractivity contribution in [2.45, 2.75) is 6.54 Å². The van der Waals surface area contributed by atoms with Crippen LogP contribution >= 0.6 is 0 Å². The van der Waals surface area contributed by atoms with E-state index in [-0.39, 0.29) is 5.56 Å². The number of nitrogens with one attached hydrogen (secondary N) is 2. The molecule has 33 heavy (non-hydrogen) atoms. The lowest BCUT2D eigenvalue weighted by molar-refractivity contribution is 0.0992. The molecule has 9 heteroatoms. The van der Waals surface area contributed by atoms with Gasteiger partial charge in [-0.15, -0.1) is 0 Å². The van der Waals surface area contributed by atoms with Crippen molar-refractivity contribution in [3.05, 3.63) is 77.5 Å². The maximum atomic E-state index is 11.9. The predicted octanol–water partition coefficient (Wildman–Crippen LogP) is 2.47. The molecule has 4 rings (SSSR count). The summed E-state index contributed by atoms with van der Waals surface area (Å²) < 4.78 is 5.40. The van der Waals surface area contributed by atoms with Crippen LogP contribution in [0.25, 0.3) is 0 Å². The number of pyridine rings is 1. The molecule has 2 heterocycles. The molecule has 2 amide bonds. The molecule has 6 N–H and O–H groups in total. The molecule has 0 atom stereocenters. The fraction of sp³-hybridized carbons (Fsp3) is 0.208. The van der Waals surface area contributed by atoms with Gasteiger partial charge in [-0.05, 0) is 42.0 Å². The van der Waals surface area contributed by atoms with Crippen molar-refractivity contribution in [1.82, 2.24) is 4.98 Å². The van der Waals surface area contributed by atoms with Crippen molar-refractivity contribution < 1.29 is 14.3 Å². The Morgan fingerprint density at radius 1 is 1.00 bits per heavy atom. The van der Waals surface area contributed by atoms with E-state index in [1.165, 1.54) is 6.20 Å². The lowest BCUT2D eigenvalue weighted by Gasteiger charge is -2.28. The lowest BCUT2D eigenvalue weighted by atomic mass is 10.1. The van der Waals surface area contributed by atoms with E-state index in [2.05, 4.69) is 32.7 Å². The molecule has 1 aliphatic heterocycles. The molecule has 0 bridgehead atoms. The molecule has 170 valence electrons. The number of hydrogen-bond donors (Lipinski definition) is 4. The predicted molar refractivity (Wildman–Crippen MR) is 128 cm³/mol. The number of nitrogens with zero attached hydrogens (tertiary/aromatic N) is 2. The van der Waals surface area contributed by atoms with Gasteiger partial charge in [-0.25, -0.2) is 4.98 Å². The van der Waals surface area contributed by atoms with Gasteiger partial charge < -0.3 is 31.7 Å². The molecule has 0 unspecified atom stereocenters. The van der Waals surface area contributed by atoms with Crippen LogP contribution in [0, 0.1) is 0 Å². The summed E-state index contributed by atoms with van der Waals surface area (Å²) in [7, 11) is 0. The van der Waals surface area contributed by atoms with Gasteiger partial charge in [0.05, 0.1) is 24.5 Å². The number of nitrogens with two attached hydrogens (primary N) is 2. The summed E-state index contributed by atoms with van der Waals surface area (Å²) in [5.74, 6) is -0.519. The van der Waals surface area contributed by atoms with Crippen LogP contribution in [0.1, 0.15) is 26.3 Å². The van der Waals surface area contributed by atoms with Gasteiger partial charge in [0, 0.05) is 48.8 Å². The third-order valence-electron chi connectivity index (χ3n) is 5.38. The number of hydrogen-bond acceptors (Lipinski definition) is 7. The smallest absolute Gasteiger partial charge is 0.252 e. The number of ether oxygens (including phenoxy) is 1. The molecule has 2 aromatic carbocycles. The molecular formula is C24H26N6O3. The highest BCUT2D eigenvalue weighted by molar-refractivity contribution is 5.98. The molecule has 9 nitrogen and oxygen atoms in total. The Bertz CT molecular complexity index is 1140. The van der Waals surface area contributed by atoms with Crippen molar-refractivity contribution in [2.75, 3.05) is 41.8 Å². The summed E-state index contributed by atoms with van der Waals surface area (Å²) in [6.45, 7) is 3.59. The highest BCUT2D eigenvalue weighted by atomic mass is 16.5. The summed E-state index contributed by atoms with van der Waals surface area (Å²) >= 11 is 0. The average Bonchev–Trinajstić information content (AvgIpc) is 2.84. The zero-order valence-corrected chi connectivity index (χ0v) is 18.1. The second-order valence-corrected chi connectivity index (χ2v) is 7.67. The number of primary amides is 2. The molecule has 0 aliphatic carbocycles. The van der Waals surface area contributed by atoms with E-state index in [1.54, 1.807) is 24.3 Å². The van der Waals surface area contributed by atoms with E-state index in [9.17, 15) is 9.59 Å². The van der Waals surface area contributed by atoms with E-state index >= 15 is 0 Å². The van der Waals surface area contributed by atoms with Crippen molar-refractivity contribution in [2.24, 2.45) is 11.5 Å². The van der Waals surface area contributed by atoms with Crippen LogP contribution in [0.5, 0.6) is 0 Å². The largest absolute Gasteiger partial charge is 0.380 e. The summed E-state index contributed by atoms with van der Waals surface area (Å²) in [5.41, 5.74) is 15.0. The van der Waals surface area contributed by atoms with Crippen LogP contribution in [-0.4, -0.2) is 43.1 Å². The first-order chi connectivity index (χ1) is 16.0. The van der Waals surface area contributed by atoms with Crippen LogP contribution in [0.2, 0.25) is 0 Å². The zero-order valence-electron chi connectivity index (χ0n) is 18.1. The van der Waals surface area contributed by atoms with Gasteiger partial charge in [0.2, 0.25) is 5.91 Å². The van der Waals surface area contributed by atoms with E-state index in [1.807, 2.05) is 18.2 Å². The molecular weight excluding hydrogens is 420 g/mol. The molecule has 0 spiro atoms. The Balaban J connectivity index is 1.48. The molecule has 1 aliphatic rings. The van der Waals surface area contributed by atoms with Crippen LogP contribution in [0.15, 0.2) is 60.8 Å². The van der Waals surface area contributed by atoms with Gasteiger partial charge in [0.15, 0.2) is 0 Å². The zero-order chi connectivity index (χ0) is 23.2. The van der Waals surface area contributed by atoms with Gasteiger partial charge in [-0.3, -0.25) is 9.59 Å². The van der Waals surface area contributed by atoms with Crippen molar-refractivity contribution in [3.63, 3.8) is 0 Å². The fourth-order valence-electron chi connectivity index (χ4n) is 3.62. The summed E-state index contributed by atoms with van der Waals surface area (Å²) in [6, 6.07) is 16.8. The first kappa shape index (κ1) is 22.1. The molecule has 0 radical (unpaired) electrons. The van der Waals surface area contributed by atoms with Gasteiger partial charge in [0.1, 0.15) is 5.82 Å². The minimum atomic E-state index is -0.586. The van der Waals surface area contributed by atoms with E-state index < -0.39 is 11.8 Å². The van der Waals surface area contributed by atoms with Gasteiger partial charge >= 0.3 is 0 Å². The Morgan fingerprint density at radius 2 is 1.76 bits per heavy atom.